The molecule has 0 aliphatic carbocycles. The molecular formula is C42H78O7. The molecule has 0 bridgehead atoms. The van der Waals surface area contributed by atoms with Crippen molar-refractivity contribution < 1.29 is 33.6 Å². The fourth-order valence-electron chi connectivity index (χ4n) is 5.45. The molecule has 0 aromatic carbocycles. The standard InChI is InChI=1S/C42H78O7/c1-4-7-10-13-16-17-18-19-20-21-22-23-24-25-28-31-40(44)48-37-39(36-43)38-49-41(45)32-33-42(46-34-29-26-14-11-8-5-2)47-35-30-27-15-12-9-6-3/h16-17,19-20,39,42-43H,4-15,18,21-38H2,1-3H3/b17-16-,20-19-. The van der Waals surface area contributed by atoms with E-state index in [1.807, 2.05) is 0 Å². The molecule has 1 unspecified atom stereocenters. The van der Waals surface area contributed by atoms with E-state index in [2.05, 4.69) is 45.1 Å². The van der Waals surface area contributed by atoms with Gasteiger partial charge in [0, 0.05) is 26.1 Å². The van der Waals surface area contributed by atoms with Gasteiger partial charge in [0.25, 0.3) is 0 Å². The molecule has 0 saturated carbocycles. The maximum absolute atomic E-state index is 12.5. The molecule has 49 heavy (non-hydrogen) atoms. The molecular weight excluding hydrogens is 616 g/mol. The molecule has 1 N–H and O–H groups in total. The highest BCUT2D eigenvalue weighted by Gasteiger charge is 2.17. The minimum absolute atomic E-state index is 0.0220. The van der Waals surface area contributed by atoms with Crippen molar-refractivity contribution in [1.82, 2.24) is 0 Å². The average molecular weight is 695 g/mol. The fraction of sp³-hybridized carbons (Fsp3) is 0.857. The van der Waals surface area contributed by atoms with Crippen LogP contribution in [0.2, 0.25) is 0 Å². The van der Waals surface area contributed by atoms with Crippen LogP contribution in [-0.2, 0) is 28.5 Å². The molecule has 0 saturated heterocycles. The molecule has 0 radical (unpaired) electrons. The van der Waals surface area contributed by atoms with E-state index in [0.29, 0.717) is 26.1 Å². The first-order valence-electron chi connectivity index (χ1n) is 20.5. The van der Waals surface area contributed by atoms with E-state index in [1.165, 1.54) is 89.9 Å². The van der Waals surface area contributed by atoms with Gasteiger partial charge in [-0.15, -0.1) is 0 Å². The summed E-state index contributed by atoms with van der Waals surface area (Å²) in [5.74, 6) is -1.05. The van der Waals surface area contributed by atoms with E-state index >= 15 is 0 Å². The van der Waals surface area contributed by atoms with Crippen LogP contribution in [0.3, 0.4) is 0 Å². The van der Waals surface area contributed by atoms with Crippen LogP contribution in [0.15, 0.2) is 24.3 Å². The molecule has 0 rings (SSSR count). The number of hydrogen-bond acceptors (Lipinski definition) is 7. The van der Waals surface area contributed by atoms with Gasteiger partial charge in [-0.2, -0.15) is 0 Å². The molecule has 7 nitrogen and oxygen atoms in total. The van der Waals surface area contributed by atoms with E-state index in [0.717, 1.165) is 57.8 Å². The fourth-order valence-corrected chi connectivity index (χ4v) is 5.45. The number of ether oxygens (including phenoxy) is 4. The van der Waals surface area contributed by atoms with Gasteiger partial charge in [-0.05, 0) is 51.4 Å². The number of carbonyl (C=O) groups excluding carboxylic acids is 2. The Kier molecular flexibility index (Phi) is 37.7. The maximum atomic E-state index is 12.5. The Morgan fingerprint density at radius 1 is 0.531 bits per heavy atom. The molecule has 0 aromatic heterocycles. The highest BCUT2D eigenvalue weighted by molar-refractivity contribution is 5.69. The Morgan fingerprint density at radius 3 is 1.49 bits per heavy atom. The topological polar surface area (TPSA) is 91.3 Å². The number of unbranched alkanes of at least 4 members (excludes halogenated alkanes) is 18. The zero-order valence-electron chi connectivity index (χ0n) is 32.3. The predicted molar refractivity (Wildman–Crippen MR) is 204 cm³/mol. The van der Waals surface area contributed by atoms with Crippen molar-refractivity contribution in [2.24, 2.45) is 5.92 Å². The summed E-state index contributed by atoms with van der Waals surface area (Å²) < 4.78 is 22.8. The zero-order valence-corrected chi connectivity index (χ0v) is 32.3. The van der Waals surface area contributed by atoms with Gasteiger partial charge in [0.1, 0.15) is 0 Å². The van der Waals surface area contributed by atoms with Gasteiger partial charge in [-0.3, -0.25) is 9.59 Å². The average Bonchev–Trinajstić information content (AvgIpc) is 3.11. The minimum atomic E-state index is -0.429. The molecule has 1 atom stereocenters. The van der Waals surface area contributed by atoms with Crippen LogP contribution in [0, 0.1) is 5.92 Å². The number of hydrogen-bond donors (Lipinski definition) is 1. The van der Waals surface area contributed by atoms with Gasteiger partial charge in [-0.25, -0.2) is 0 Å². The number of esters is 2. The summed E-state index contributed by atoms with van der Waals surface area (Å²) in [6.45, 7) is 7.80. The molecule has 288 valence electrons. The Hall–Kier alpha value is -1.70. The Balaban J connectivity index is 4.11. The first-order valence-corrected chi connectivity index (χ1v) is 20.5. The van der Waals surface area contributed by atoms with Crippen molar-refractivity contribution in [3.63, 3.8) is 0 Å². The summed E-state index contributed by atoms with van der Waals surface area (Å²) >= 11 is 0. The molecule has 0 fully saturated rings. The second-order valence-electron chi connectivity index (χ2n) is 13.6. The Labute approximate surface area is 302 Å². The summed E-state index contributed by atoms with van der Waals surface area (Å²) in [6.07, 6.45) is 36.5. The van der Waals surface area contributed by atoms with Crippen LogP contribution < -0.4 is 0 Å². The minimum Gasteiger partial charge on any atom is -0.465 e. The summed E-state index contributed by atoms with van der Waals surface area (Å²) in [5, 5.41) is 9.73. The number of carbonyl (C=O) groups is 2. The lowest BCUT2D eigenvalue weighted by atomic mass is 10.1. The second-order valence-corrected chi connectivity index (χ2v) is 13.6. The second kappa shape index (κ2) is 39.1. The van der Waals surface area contributed by atoms with Crippen molar-refractivity contribution in [2.45, 2.75) is 194 Å². The molecule has 0 aromatic rings. The van der Waals surface area contributed by atoms with Crippen LogP contribution in [-0.4, -0.2) is 56.4 Å². The SMILES string of the molecule is CCCCC/C=C\C/C=C\CCCCCCCC(=O)OCC(CO)COC(=O)CCC(OCCCCCCCC)OCCCCCCCC. The van der Waals surface area contributed by atoms with Crippen LogP contribution in [0.1, 0.15) is 188 Å². The molecule has 0 heterocycles. The lowest BCUT2D eigenvalue weighted by Crippen LogP contribution is -2.25. The highest BCUT2D eigenvalue weighted by Crippen LogP contribution is 2.13. The van der Waals surface area contributed by atoms with Crippen LogP contribution in [0.4, 0.5) is 0 Å². The molecule has 0 aliphatic heterocycles. The monoisotopic (exact) mass is 695 g/mol. The van der Waals surface area contributed by atoms with Crippen molar-refractivity contribution in [1.29, 1.82) is 0 Å². The molecule has 0 spiro atoms. The van der Waals surface area contributed by atoms with E-state index < -0.39 is 12.2 Å². The Morgan fingerprint density at radius 2 is 0.959 bits per heavy atom. The largest absolute Gasteiger partial charge is 0.465 e. The van der Waals surface area contributed by atoms with Crippen LogP contribution in [0.25, 0.3) is 0 Å². The lowest BCUT2D eigenvalue weighted by molar-refractivity contribution is -0.161. The molecule has 0 amide bonds. The maximum Gasteiger partial charge on any atom is 0.305 e. The third-order valence-electron chi connectivity index (χ3n) is 8.74. The van der Waals surface area contributed by atoms with Gasteiger partial charge in [-0.1, -0.05) is 141 Å². The predicted octanol–water partition coefficient (Wildman–Crippen LogP) is 11.4. The van der Waals surface area contributed by atoms with Gasteiger partial charge in [0.15, 0.2) is 6.29 Å². The first kappa shape index (κ1) is 47.3. The van der Waals surface area contributed by atoms with Gasteiger partial charge < -0.3 is 24.1 Å². The first-order chi connectivity index (χ1) is 24.1. The number of allylic oxidation sites excluding steroid dienone is 4. The zero-order chi connectivity index (χ0) is 35.9. The van der Waals surface area contributed by atoms with E-state index in [4.69, 9.17) is 18.9 Å². The summed E-state index contributed by atoms with van der Waals surface area (Å²) in [5.41, 5.74) is 0. The number of aliphatic hydroxyl groups excluding tert-OH is 1. The summed E-state index contributed by atoms with van der Waals surface area (Å²) in [7, 11) is 0. The third kappa shape index (κ3) is 35.9. The smallest absolute Gasteiger partial charge is 0.305 e. The summed E-state index contributed by atoms with van der Waals surface area (Å²) in [6, 6.07) is 0. The lowest BCUT2D eigenvalue weighted by Gasteiger charge is -2.19. The van der Waals surface area contributed by atoms with Crippen molar-refractivity contribution in [2.75, 3.05) is 33.0 Å². The van der Waals surface area contributed by atoms with Gasteiger partial charge >= 0.3 is 11.9 Å². The van der Waals surface area contributed by atoms with Crippen molar-refractivity contribution >= 4 is 11.9 Å². The van der Waals surface area contributed by atoms with Crippen molar-refractivity contribution in [3.8, 4) is 0 Å². The quantitative estimate of drug-likeness (QED) is 0.0298. The summed E-state index contributed by atoms with van der Waals surface area (Å²) in [4.78, 5) is 24.7. The van der Waals surface area contributed by atoms with Gasteiger partial charge in [0.2, 0.25) is 0 Å². The van der Waals surface area contributed by atoms with E-state index in [1.54, 1.807) is 0 Å². The number of aliphatic hydroxyl groups is 1. The van der Waals surface area contributed by atoms with Crippen LogP contribution >= 0.6 is 0 Å². The Bertz CT molecular complexity index is 748. The van der Waals surface area contributed by atoms with E-state index in [-0.39, 0.29) is 38.2 Å². The van der Waals surface area contributed by atoms with Crippen LogP contribution in [0.5, 0.6) is 0 Å². The number of rotatable bonds is 38. The molecule has 0 aliphatic rings. The third-order valence-corrected chi connectivity index (χ3v) is 8.74. The van der Waals surface area contributed by atoms with Crippen molar-refractivity contribution in [3.05, 3.63) is 24.3 Å². The molecule has 7 heteroatoms. The van der Waals surface area contributed by atoms with E-state index in [9.17, 15) is 14.7 Å². The normalized spacial score (nSPS) is 12.4. The van der Waals surface area contributed by atoms with Gasteiger partial charge in [0.05, 0.1) is 32.2 Å². The highest BCUT2D eigenvalue weighted by atomic mass is 16.7.